The van der Waals surface area contributed by atoms with Gasteiger partial charge in [-0.05, 0) is 95.9 Å². The smallest absolute Gasteiger partial charge is 0.416 e. The number of benzene rings is 4. The number of rotatable bonds is 7. The van der Waals surface area contributed by atoms with Crippen molar-refractivity contribution in [2.45, 2.75) is 25.7 Å². The van der Waals surface area contributed by atoms with E-state index in [-0.39, 0.29) is 28.8 Å². The number of aromatic carboxylic acids is 1. The number of carboxylic acids is 1. The zero-order chi connectivity index (χ0) is 31.1. The van der Waals surface area contributed by atoms with Crippen molar-refractivity contribution < 1.29 is 32.3 Å². The van der Waals surface area contributed by atoms with Gasteiger partial charge in [0.15, 0.2) is 0 Å². The van der Waals surface area contributed by atoms with Crippen LogP contribution in [0.15, 0.2) is 85.1 Å². The van der Waals surface area contributed by atoms with Gasteiger partial charge >= 0.3 is 12.1 Å². The number of halogens is 6. The minimum atomic E-state index is -4.77. The summed E-state index contributed by atoms with van der Waals surface area (Å²) in [7, 11) is 0. The lowest BCUT2D eigenvalue weighted by Gasteiger charge is -2.18. The van der Waals surface area contributed by atoms with Crippen LogP contribution in [0.4, 0.5) is 17.6 Å². The van der Waals surface area contributed by atoms with Crippen molar-refractivity contribution in [3.8, 4) is 11.1 Å². The van der Waals surface area contributed by atoms with Gasteiger partial charge in [-0.1, -0.05) is 35.3 Å². The molecule has 1 aromatic heterocycles. The summed E-state index contributed by atoms with van der Waals surface area (Å²) in [5.41, 5.74) is 1.11. The normalized spacial score (nSPS) is 12.3. The van der Waals surface area contributed by atoms with E-state index < -0.39 is 35.5 Å². The van der Waals surface area contributed by atoms with Crippen LogP contribution in [0.1, 0.15) is 50.4 Å². The number of nitrogens with one attached hydrogen (secondary N) is 1. The number of hydrogen-bond donors (Lipinski definition) is 2. The Labute approximate surface area is 253 Å². The lowest BCUT2D eigenvalue weighted by atomic mass is 9.97. The van der Waals surface area contributed by atoms with Crippen LogP contribution < -0.4 is 5.32 Å². The summed E-state index contributed by atoms with van der Waals surface area (Å²) in [6, 6.07) is 17.4. The van der Waals surface area contributed by atoms with E-state index in [0.717, 1.165) is 17.7 Å². The Kier molecular flexibility index (Phi) is 8.23. The van der Waals surface area contributed by atoms with Crippen molar-refractivity contribution in [1.82, 2.24) is 9.88 Å². The predicted octanol–water partition coefficient (Wildman–Crippen LogP) is 9.01. The zero-order valence-corrected chi connectivity index (χ0v) is 23.9. The van der Waals surface area contributed by atoms with E-state index in [2.05, 4.69) is 5.32 Å². The molecule has 0 aliphatic carbocycles. The summed E-state index contributed by atoms with van der Waals surface area (Å²) in [6.45, 7) is 1.98. The van der Waals surface area contributed by atoms with Crippen LogP contribution in [0.2, 0.25) is 10.0 Å². The number of amides is 1. The fourth-order valence-corrected chi connectivity index (χ4v) is 5.48. The number of alkyl halides is 3. The van der Waals surface area contributed by atoms with Gasteiger partial charge in [-0.3, -0.25) is 4.79 Å². The standard InChI is InChI=1S/C32H22Cl2F4N2O3/c1-17(19-2-4-20(5-3-19)31(42)43)39-30(41)28-13-22(23-11-24(32(36,37)38)14-27(35)12-23)10-21-6-7-40(29(21)28)16-18-8-25(33)15-26(34)9-18/h2-15,17H,16H2,1H3,(H,39,41)(H,42,43)/t17-/m0/s1. The summed E-state index contributed by atoms with van der Waals surface area (Å²) in [5.74, 6) is -2.70. The van der Waals surface area contributed by atoms with E-state index in [1.165, 1.54) is 18.2 Å². The molecule has 5 rings (SSSR count). The lowest BCUT2D eigenvalue weighted by molar-refractivity contribution is -0.137. The van der Waals surface area contributed by atoms with Gasteiger partial charge in [0.2, 0.25) is 0 Å². The number of carbonyl (C=O) groups excluding carboxylic acids is 1. The van der Waals surface area contributed by atoms with Gasteiger partial charge in [0, 0.05) is 28.2 Å². The van der Waals surface area contributed by atoms with Gasteiger partial charge in [-0.25, -0.2) is 9.18 Å². The van der Waals surface area contributed by atoms with Crippen molar-refractivity contribution in [3.63, 3.8) is 0 Å². The molecule has 2 N–H and O–H groups in total. The van der Waals surface area contributed by atoms with Gasteiger partial charge in [-0.15, -0.1) is 0 Å². The van der Waals surface area contributed by atoms with Crippen molar-refractivity contribution >= 4 is 46.0 Å². The Morgan fingerprint density at radius 2 is 1.56 bits per heavy atom. The molecule has 0 aliphatic rings. The summed E-state index contributed by atoms with van der Waals surface area (Å²) in [5, 5.41) is 13.4. The Morgan fingerprint density at radius 3 is 2.19 bits per heavy atom. The molecule has 0 unspecified atom stereocenters. The van der Waals surface area contributed by atoms with E-state index in [1.807, 2.05) is 0 Å². The molecular weight excluding hydrogens is 607 g/mol. The van der Waals surface area contributed by atoms with Crippen LogP contribution in [0.25, 0.3) is 22.0 Å². The number of aromatic nitrogens is 1. The van der Waals surface area contributed by atoms with Crippen molar-refractivity contribution in [1.29, 1.82) is 0 Å². The average molecular weight is 629 g/mol. The summed E-state index contributed by atoms with van der Waals surface area (Å²) >= 11 is 12.4. The second kappa shape index (κ2) is 11.7. The summed E-state index contributed by atoms with van der Waals surface area (Å²) < 4.78 is 56.5. The third-order valence-corrected chi connectivity index (χ3v) is 7.38. The molecule has 1 heterocycles. The predicted molar refractivity (Wildman–Crippen MR) is 157 cm³/mol. The maximum absolute atomic E-state index is 14.3. The van der Waals surface area contributed by atoms with Crippen LogP contribution in [0.3, 0.4) is 0 Å². The molecule has 5 aromatic rings. The quantitative estimate of drug-likeness (QED) is 0.177. The van der Waals surface area contributed by atoms with E-state index in [9.17, 15) is 32.3 Å². The van der Waals surface area contributed by atoms with Gasteiger partial charge in [0.25, 0.3) is 5.91 Å². The largest absolute Gasteiger partial charge is 0.478 e. The molecular formula is C32H22Cl2F4N2O3. The Hall–Kier alpha value is -4.34. The number of fused-ring (bicyclic) bond motifs is 1. The monoisotopic (exact) mass is 628 g/mol. The van der Waals surface area contributed by atoms with Gasteiger partial charge < -0.3 is 15.0 Å². The first-order valence-corrected chi connectivity index (χ1v) is 13.6. The van der Waals surface area contributed by atoms with Crippen molar-refractivity contribution in [2.24, 2.45) is 0 Å². The minimum Gasteiger partial charge on any atom is -0.478 e. The first-order valence-electron chi connectivity index (χ1n) is 12.9. The molecule has 0 saturated carbocycles. The van der Waals surface area contributed by atoms with Crippen LogP contribution in [-0.2, 0) is 12.7 Å². The SMILES string of the molecule is C[C@H](NC(=O)c1cc(-c2cc(F)cc(C(F)(F)F)c2)cc2ccn(Cc3cc(Cl)cc(Cl)c3)c12)c1ccc(C(=O)O)cc1. The number of hydrogen-bond acceptors (Lipinski definition) is 2. The molecule has 1 atom stereocenters. The highest BCUT2D eigenvalue weighted by Crippen LogP contribution is 2.35. The lowest BCUT2D eigenvalue weighted by Crippen LogP contribution is -2.27. The third kappa shape index (κ3) is 6.68. The Morgan fingerprint density at radius 1 is 0.907 bits per heavy atom. The zero-order valence-electron chi connectivity index (χ0n) is 22.3. The number of carbonyl (C=O) groups is 2. The molecule has 11 heteroatoms. The highest BCUT2D eigenvalue weighted by Gasteiger charge is 2.31. The third-order valence-electron chi connectivity index (χ3n) is 6.94. The topological polar surface area (TPSA) is 71.3 Å². The fourth-order valence-electron chi connectivity index (χ4n) is 4.91. The van der Waals surface area contributed by atoms with Gasteiger partial charge in [0.1, 0.15) is 5.82 Å². The molecule has 0 fully saturated rings. The van der Waals surface area contributed by atoms with E-state index in [4.69, 9.17) is 23.2 Å². The highest BCUT2D eigenvalue weighted by molar-refractivity contribution is 6.34. The second-order valence-electron chi connectivity index (χ2n) is 10.0. The summed E-state index contributed by atoms with van der Waals surface area (Å²) in [4.78, 5) is 25.0. The Bertz CT molecular complexity index is 1850. The maximum Gasteiger partial charge on any atom is 0.416 e. The second-order valence-corrected chi connectivity index (χ2v) is 10.9. The molecule has 4 aromatic carbocycles. The molecule has 0 spiro atoms. The van der Waals surface area contributed by atoms with Crippen LogP contribution in [0.5, 0.6) is 0 Å². The first kappa shape index (κ1) is 30.1. The molecule has 220 valence electrons. The van der Waals surface area contributed by atoms with Crippen LogP contribution in [0, 0.1) is 5.82 Å². The molecule has 0 radical (unpaired) electrons. The molecule has 1 amide bonds. The van der Waals surface area contributed by atoms with Crippen LogP contribution in [-0.4, -0.2) is 21.6 Å². The van der Waals surface area contributed by atoms with Gasteiger partial charge in [-0.2, -0.15) is 13.2 Å². The number of carboxylic acid groups (broad SMARTS) is 1. The van der Waals surface area contributed by atoms with E-state index in [1.54, 1.807) is 60.2 Å². The average Bonchev–Trinajstić information content (AvgIpc) is 3.33. The van der Waals surface area contributed by atoms with Crippen molar-refractivity contribution in [2.75, 3.05) is 0 Å². The molecule has 0 saturated heterocycles. The van der Waals surface area contributed by atoms with E-state index in [0.29, 0.717) is 32.6 Å². The van der Waals surface area contributed by atoms with Crippen LogP contribution >= 0.6 is 23.2 Å². The fraction of sp³-hybridized carbons (Fsp3) is 0.125. The maximum atomic E-state index is 14.3. The molecule has 5 nitrogen and oxygen atoms in total. The highest BCUT2D eigenvalue weighted by atomic mass is 35.5. The van der Waals surface area contributed by atoms with Crippen molar-refractivity contribution in [3.05, 3.63) is 129 Å². The minimum absolute atomic E-state index is 0.0463. The summed E-state index contributed by atoms with van der Waals surface area (Å²) in [6.07, 6.45) is -3.05. The number of nitrogens with zero attached hydrogens (tertiary/aromatic N) is 1. The first-order chi connectivity index (χ1) is 20.3. The Balaban J connectivity index is 1.60. The van der Waals surface area contributed by atoms with Gasteiger partial charge in [0.05, 0.1) is 28.2 Å². The molecule has 0 bridgehead atoms. The molecule has 43 heavy (non-hydrogen) atoms. The molecule has 0 aliphatic heterocycles. The van der Waals surface area contributed by atoms with E-state index >= 15 is 0 Å².